The predicted molar refractivity (Wildman–Crippen MR) is 47.4 cm³/mol. The Bertz CT molecular complexity index is 299. The van der Waals surface area contributed by atoms with Gasteiger partial charge in [-0.25, -0.2) is 0 Å². The van der Waals surface area contributed by atoms with Crippen molar-refractivity contribution >= 4 is 5.97 Å². The molecule has 14 heavy (non-hydrogen) atoms. The molecule has 73 valence electrons. The van der Waals surface area contributed by atoms with Crippen LogP contribution in [-0.4, -0.2) is 22.2 Å². The summed E-state index contributed by atoms with van der Waals surface area (Å²) in [6.45, 7) is 0. The first-order valence-corrected chi connectivity index (χ1v) is 3.86. The standard InChI is InChI=1S/C9H11NO3.La/c10-8(9(12)13)5-6-1-3-7(11)4-2-6;/h1-4,8,11H,5,10H2,(H,12,13);/t8-;/m0./s1. The van der Waals surface area contributed by atoms with Crippen LogP contribution in [0.25, 0.3) is 0 Å². The minimum Gasteiger partial charge on any atom is -0.508 e. The largest absolute Gasteiger partial charge is 0.508 e. The average molecular weight is 320 g/mol. The molecule has 1 aromatic carbocycles. The summed E-state index contributed by atoms with van der Waals surface area (Å²) in [5.41, 5.74) is 6.12. The molecule has 0 saturated heterocycles. The molecule has 0 unspecified atom stereocenters. The van der Waals surface area contributed by atoms with E-state index in [4.69, 9.17) is 15.9 Å². The third-order valence-corrected chi connectivity index (χ3v) is 1.71. The smallest absolute Gasteiger partial charge is 0.320 e. The maximum Gasteiger partial charge on any atom is 0.320 e. The monoisotopic (exact) mass is 320 g/mol. The third-order valence-electron chi connectivity index (χ3n) is 1.71. The molecular weight excluding hydrogens is 309 g/mol. The van der Waals surface area contributed by atoms with Crippen molar-refractivity contribution < 1.29 is 50.6 Å². The fourth-order valence-corrected chi connectivity index (χ4v) is 0.973. The number of nitrogens with two attached hydrogens (primary N) is 1. The molecule has 0 aliphatic heterocycles. The van der Waals surface area contributed by atoms with Crippen LogP contribution in [0.2, 0.25) is 0 Å². The Balaban J connectivity index is 0.00000169. The number of aliphatic carboxylic acids is 1. The van der Waals surface area contributed by atoms with Crippen LogP contribution in [0.3, 0.4) is 0 Å². The van der Waals surface area contributed by atoms with Crippen molar-refractivity contribution in [3.05, 3.63) is 29.8 Å². The Morgan fingerprint density at radius 1 is 1.36 bits per heavy atom. The van der Waals surface area contributed by atoms with Crippen molar-refractivity contribution in [1.82, 2.24) is 0 Å². The van der Waals surface area contributed by atoms with Gasteiger partial charge in [-0.15, -0.1) is 0 Å². The van der Waals surface area contributed by atoms with Gasteiger partial charge in [0.05, 0.1) is 0 Å². The maximum atomic E-state index is 10.4. The number of carboxylic acid groups (broad SMARTS) is 1. The quantitative estimate of drug-likeness (QED) is 0.750. The van der Waals surface area contributed by atoms with Crippen LogP contribution in [0.1, 0.15) is 5.56 Å². The zero-order valence-electron chi connectivity index (χ0n) is 7.55. The van der Waals surface area contributed by atoms with E-state index in [1.807, 2.05) is 0 Å². The number of phenolic OH excluding ortho intramolecular Hbond substituents is 1. The summed E-state index contributed by atoms with van der Waals surface area (Å²) in [6, 6.07) is 5.42. The Morgan fingerprint density at radius 3 is 2.29 bits per heavy atom. The van der Waals surface area contributed by atoms with Gasteiger partial charge in [-0.2, -0.15) is 0 Å². The summed E-state index contributed by atoms with van der Waals surface area (Å²) in [5.74, 6) is -0.860. The summed E-state index contributed by atoms with van der Waals surface area (Å²) < 4.78 is 0. The van der Waals surface area contributed by atoms with Gasteiger partial charge < -0.3 is 15.9 Å². The van der Waals surface area contributed by atoms with Gasteiger partial charge in [-0.3, -0.25) is 4.79 Å². The minimum absolute atomic E-state index is 0. The molecule has 0 aliphatic rings. The number of phenols is 1. The molecule has 0 amide bonds. The fourth-order valence-electron chi connectivity index (χ4n) is 0.973. The van der Waals surface area contributed by atoms with Crippen LogP contribution in [0.4, 0.5) is 0 Å². The number of hydrogen-bond donors (Lipinski definition) is 3. The summed E-state index contributed by atoms with van der Waals surface area (Å²) in [4.78, 5) is 10.4. The Labute approximate surface area is 110 Å². The first-order valence-electron chi connectivity index (χ1n) is 3.86. The zero-order chi connectivity index (χ0) is 9.84. The van der Waals surface area contributed by atoms with Gasteiger partial charge >= 0.3 is 5.97 Å². The second kappa shape index (κ2) is 6.19. The second-order valence-corrected chi connectivity index (χ2v) is 2.82. The molecule has 0 spiro atoms. The summed E-state index contributed by atoms with van der Waals surface area (Å²) >= 11 is 0. The molecule has 0 saturated carbocycles. The molecule has 0 bridgehead atoms. The van der Waals surface area contributed by atoms with E-state index in [1.54, 1.807) is 12.1 Å². The van der Waals surface area contributed by atoms with E-state index in [1.165, 1.54) is 12.1 Å². The molecule has 1 rings (SSSR count). The maximum absolute atomic E-state index is 10.4. The van der Waals surface area contributed by atoms with Gasteiger partial charge in [-0.1, -0.05) is 12.1 Å². The first-order chi connectivity index (χ1) is 6.09. The number of benzene rings is 1. The number of carbonyl (C=O) groups is 1. The molecule has 0 heterocycles. The van der Waals surface area contributed by atoms with Crippen LogP contribution in [0.15, 0.2) is 24.3 Å². The summed E-state index contributed by atoms with van der Waals surface area (Å²) in [5, 5.41) is 17.5. The SMILES string of the molecule is N[C@@H](Cc1ccc(O)cc1)C(=O)O.[La]. The van der Waals surface area contributed by atoms with E-state index in [2.05, 4.69) is 0 Å². The van der Waals surface area contributed by atoms with E-state index in [0.717, 1.165) is 5.56 Å². The topological polar surface area (TPSA) is 83.5 Å². The Kier molecular flexibility index (Phi) is 6.03. The minimum atomic E-state index is -1.02. The van der Waals surface area contributed by atoms with Crippen LogP contribution in [-0.2, 0) is 11.2 Å². The second-order valence-electron chi connectivity index (χ2n) is 2.82. The molecule has 4 nitrogen and oxygen atoms in total. The summed E-state index contributed by atoms with van der Waals surface area (Å²) in [7, 11) is 0. The van der Waals surface area contributed by atoms with Crippen LogP contribution in [0, 0.1) is 35.6 Å². The van der Waals surface area contributed by atoms with Gasteiger partial charge in [-0.05, 0) is 24.1 Å². The molecule has 1 aromatic rings. The zero-order valence-corrected chi connectivity index (χ0v) is 11.2. The van der Waals surface area contributed by atoms with Gasteiger partial charge in [0.1, 0.15) is 11.8 Å². The van der Waals surface area contributed by atoms with Crippen LogP contribution >= 0.6 is 0 Å². The van der Waals surface area contributed by atoms with Gasteiger partial charge in [0.15, 0.2) is 0 Å². The third kappa shape index (κ3) is 4.24. The van der Waals surface area contributed by atoms with Crippen molar-refractivity contribution in [2.75, 3.05) is 0 Å². The molecular formula is C9H11LaNO3. The molecule has 0 fully saturated rings. The van der Waals surface area contributed by atoms with Crippen LogP contribution < -0.4 is 5.73 Å². The average Bonchev–Trinajstić information content (AvgIpc) is 2.08. The number of aromatic hydroxyl groups is 1. The Morgan fingerprint density at radius 2 is 1.86 bits per heavy atom. The normalized spacial score (nSPS) is 11.5. The molecule has 1 atom stereocenters. The molecule has 0 aliphatic carbocycles. The van der Waals surface area contributed by atoms with Crippen LogP contribution in [0.5, 0.6) is 5.75 Å². The molecule has 4 N–H and O–H groups in total. The molecule has 5 heteroatoms. The van der Waals surface area contributed by atoms with E-state index >= 15 is 0 Å². The number of hydrogen-bond acceptors (Lipinski definition) is 3. The van der Waals surface area contributed by atoms with E-state index in [-0.39, 0.29) is 47.8 Å². The van der Waals surface area contributed by atoms with Gasteiger partial charge in [0.2, 0.25) is 0 Å². The van der Waals surface area contributed by atoms with Crippen molar-refractivity contribution in [1.29, 1.82) is 0 Å². The van der Waals surface area contributed by atoms with Crippen molar-refractivity contribution in [2.45, 2.75) is 12.5 Å². The van der Waals surface area contributed by atoms with Gasteiger partial charge in [0.25, 0.3) is 0 Å². The molecule has 1 radical (unpaired) electrons. The van der Waals surface area contributed by atoms with E-state index < -0.39 is 12.0 Å². The fraction of sp³-hybridized carbons (Fsp3) is 0.222. The number of rotatable bonds is 3. The van der Waals surface area contributed by atoms with E-state index in [9.17, 15) is 4.79 Å². The van der Waals surface area contributed by atoms with Crippen molar-refractivity contribution in [2.24, 2.45) is 5.73 Å². The first kappa shape index (κ1) is 13.6. The van der Waals surface area contributed by atoms with E-state index in [0.29, 0.717) is 0 Å². The number of carboxylic acids is 1. The van der Waals surface area contributed by atoms with Crippen molar-refractivity contribution in [3.63, 3.8) is 0 Å². The Hall–Kier alpha value is -0.355. The van der Waals surface area contributed by atoms with Crippen molar-refractivity contribution in [3.8, 4) is 5.75 Å². The predicted octanol–water partition coefficient (Wildman–Crippen LogP) is 0.347. The van der Waals surface area contributed by atoms with Gasteiger partial charge in [0, 0.05) is 35.6 Å². The molecule has 0 aromatic heterocycles. The summed E-state index contributed by atoms with van der Waals surface area (Å²) in [6.07, 6.45) is 0.273.